The van der Waals surface area contributed by atoms with Crippen LogP contribution in [0.25, 0.3) is 10.2 Å². The summed E-state index contributed by atoms with van der Waals surface area (Å²) in [4.78, 5) is 14.1. The number of thioether (sulfide) groups is 1. The van der Waals surface area contributed by atoms with E-state index in [1.54, 1.807) is 0 Å². The fourth-order valence-electron chi connectivity index (χ4n) is 2.19. The molecule has 24 heavy (non-hydrogen) atoms. The summed E-state index contributed by atoms with van der Waals surface area (Å²) in [5.74, 6) is 1.53. The summed E-state index contributed by atoms with van der Waals surface area (Å²) in [5.41, 5.74) is 0.412. The van der Waals surface area contributed by atoms with Crippen LogP contribution in [0, 0.1) is 11.3 Å². The molecule has 0 aliphatic carbocycles. The van der Waals surface area contributed by atoms with Crippen molar-refractivity contribution in [3.05, 3.63) is 52.3 Å². The molecule has 7 heteroatoms. The van der Waals surface area contributed by atoms with E-state index in [1.165, 1.54) is 23.1 Å². The van der Waals surface area contributed by atoms with Crippen LogP contribution in [0.2, 0.25) is 0 Å². The summed E-state index contributed by atoms with van der Waals surface area (Å²) >= 11 is 2.85. The van der Waals surface area contributed by atoms with Gasteiger partial charge in [0.15, 0.2) is 0 Å². The number of rotatable bonds is 6. The third kappa shape index (κ3) is 3.55. The molecule has 0 bridgehead atoms. The fourth-order valence-corrected chi connectivity index (χ4v) is 4.52. The van der Waals surface area contributed by atoms with Crippen molar-refractivity contribution in [2.24, 2.45) is 0 Å². The first-order valence-corrected chi connectivity index (χ1v) is 9.09. The van der Waals surface area contributed by atoms with E-state index in [4.69, 9.17) is 4.74 Å². The number of thiophene rings is 1. The Morgan fingerprint density at radius 2 is 2.12 bits per heavy atom. The zero-order valence-electron chi connectivity index (χ0n) is 12.6. The van der Waals surface area contributed by atoms with Crippen LogP contribution in [0.5, 0.6) is 11.5 Å². The standard InChI is InChI=1S/C17H14N2O3S2/c18-10-12-15-16(13(20)9-14(21)19-15)24-17(12)23-8-4-7-22-11-5-2-1-3-6-11/h1-3,5-6,9H,4,7-8H2,(H2,19,20,21). The van der Waals surface area contributed by atoms with Crippen molar-refractivity contribution >= 4 is 33.3 Å². The van der Waals surface area contributed by atoms with E-state index in [-0.39, 0.29) is 5.75 Å². The first-order valence-electron chi connectivity index (χ1n) is 7.28. The van der Waals surface area contributed by atoms with Crippen LogP contribution in [-0.2, 0) is 0 Å². The molecule has 0 amide bonds. The molecule has 2 N–H and O–H groups in total. The third-order valence-corrected chi connectivity index (χ3v) is 5.84. The van der Waals surface area contributed by atoms with Gasteiger partial charge in [-0.05, 0) is 18.6 Å². The number of aromatic nitrogens is 1. The van der Waals surface area contributed by atoms with Gasteiger partial charge in [0.1, 0.15) is 23.1 Å². The summed E-state index contributed by atoms with van der Waals surface area (Å²) in [7, 11) is 0. The van der Waals surface area contributed by atoms with Gasteiger partial charge in [0.25, 0.3) is 5.56 Å². The van der Waals surface area contributed by atoms with E-state index >= 15 is 0 Å². The smallest absolute Gasteiger partial charge is 0.252 e. The Hall–Kier alpha value is -2.43. The number of pyridine rings is 1. The van der Waals surface area contributed by atoms with Gasteiger partial charge in [-0.2, -0.15) is 5.26 Å². The molecule has 2 heterocycles. The molecule has 0 radical (unpaired) electrons. The molecule has 0 spiro atoms. The topological polar surface area (TPSA) is 86.1 Å². The number of fused-ring (bicyclic) bond motifs is 1. The number of ether oxygens (including phenoxy) is 1. The van der Waals surface area contributed by atoms with E-state index in [0.29, 0.717) is 22.4 Å². The Morgan fingerprint density at radius 1 is 1.33 bits per heavy atom. The molecule has 0 saturated heterocycles. The average molecular weight is 358 g/mol. The lowest BCUT2D eigenvalue weighted by Gasteiger charge is -2.05. The molecule has 0 unspecified atom stereocenters. The molecule has 0 saturated carbocycles. The summed E-state index contributed by atoms with van der Waals surface area (Å²) in [5, 5.41) is 19.2. The number of aromatic hydroxyl groups is 1. The minimum atomic E-state index is -0.415. The average Bonchev–Trinajstić information content (AvgIpc) is 2.93. The summed E-state index contributed by atoms with van der Waals surface area (Å²) < 4.78 is 6.96. The highest BCUT2D eigenvalue weighted by molar-refractivity contribution is 8.01. The lowest BCUT2D eigenvalue weighted by molar-refractivity contribution is 0.319. The molecular formula is C17H14N2O3S2. The Balaban J connectivity index is 1.64. The number of benzene rings is 1. The second-order valence-electron chi connectivity index (χ2n) is 4.96. The molecule has 0 fully saturated rings. The zero-order chi connectivity index (χ0) is 16.9. The van der Waals surface area contributed by atoms with E-state index in [2.05, 4.69) is 11.1 Å². The van der Waals surface area contributed by atoms with Gasteiger partial charge in [0.05, 0.1) is 21.0 Å². The molecule has 2 aromatic heterocycles. The maximum atomic E-state index is 11.5. The first kappa shape index (κ1) is 16.4. The monoisotopic (exact) mass is 358 g/mol. The van der Waals surface area contributed by atoms with Crippen molar-refractivity contribution in [1.82, 2.24) is 4.98 Å². The Kier molecular flexibility index (Phi) is 5.08. The Morgan fingerprint density at radius 3 is 2.88 bits per heavy atom. The largest absolute Gasteiger partial charge is 0.506 e. The van der Waals surface area contributed by atoms with Crippen molar-refractivity contribution in [2.45, 2.75) is 10.6 Å². The van der Waals surface area contributed by atoms with Gasteiger partial charge in [0, 0.05) is 11.8 Å². The normalized spacial score (nSPS) is 10.6. The Bertz CT molecular complexity index is 942. The van der Waals surface area contributed by atoms with Gasteiger partial charge in [0.2, 0.25) is 0 Å². The van der Waals surface area contributed by atoms with Gasteiger partial charge in [-0.15, -0.1) is 23.1 Å². The van der Waals surface area contributed by atoms with Crippen molar-refractivity contribution in [3.8, 4) is 17.6 Å². The maximum absolute atomic E-state index is 11.5. The number of nitrogens with one attached hydrogen (secondary N) is 1. The number of nitriles is 1. The first-order chi connectivity index (χ1) is 11.7. The van der Waals surface area contributed by atoms with Crippen LogP contribution in [0.15, 0.2) is 45.4 Å². The van der Waals surface area contributed by atoms with E-state index < -0.39 is 5.56 Å². The van der Waals surface area contributed by atoms with Crippen LogP contribution < -0.4 is 10.3 Å². The SMILES string of the molecule is N#Cc1c(SCCCOc2ccccc2)sc2c(O)cc(=O)[nH]c12. The number of hydrogen-bond donors (Lipinski definition) is 2. The Labute approximate surface area is 146 Å². The lowest BCUT2D eigenvalue weighted by Crippen LogP contribution is -2.02. The van der Waals surface area contributed by atoms with Crippen molar-refractivity contribution in [1.29, 1.82) is 5.26 Å². The summed E-state index contributed by atoms with van der Waals surface area (Å²) in [6, 6.07) is 12.8. The quantitative estimate of drug-likeness (QED) is 0.518. The molecule has 3 aromatic rings. The van der Waals surface area contributed by atoms with Crippen LogP contribution in [-0.4, -0.2) is 22.5 Å². The second kappa shape index (κ2) is 7.43. The summed E-state index contributed by atoms with van der Waals surface area (Å²) in [6.45, 7) is 0.589. The van der Waals surface area contributed by atoms with Gasteiger partial charge < -0.3 is 14.8 Å². The van der Waals surface area contributed by atoms with E-state index in [1.807, 2.05) is 30.3 Å². The predicted molar refractivity (Wildman–Crippen MR) is 96.1 cm³/mol. The highest BCUT2D eigenvalue weighted by atomic mass is 32.2. The lowest BCUT2D eigenvalue weighted by atomic mass is 10.3. The number of para-hydroxylation sites is 1. The number of hydrogen-bond acceptors (Lipinski definition) is 6. The molecule has 122 valence electrons. The van der Waals surface area contributed by atoms with Crippen LogP contribution in [0.4, 0.5) is 0 Å². The van der Waals surface area contributed by atoms with E-state index in [0.717, 1.165) is 28.2 Å². The molecule has 5 nitrogen and oxygen atoms in total. The highest BCUT2D eigenvalue weighted by Gasteiger charge is 2.16. The van der Waals surface area contributed by atoms with Gasteiger partial charge in [-0.1, -0.05) is 18.2 Å². The number of nitrogens with zero attached hydrogens (tertiary/aromatic N) is 1. The number of aromatic amines is 1. The van der Waals surface area contributed by atoms with Crippen molar-refractivity contribution in [3.63, 3.8) is 0 Å². The fraction of sp³-hybridized carbons (Fsp3) is 0.176. The van der Waals surface area contributed by atoms with E-state index in [9.17, 15) is 15.2 Å². The highest BCUT2D eigenvalue weighted by Crippen LogP contribution is 2.39. The third-order valence-electron chi connectivity index (χ3n) is 3.27. The van der Waals surface area contributed by atoms with Crippen molar-refractivity contribution in [2.75, 3.05) is 12.4 Å². The van der Waals surface area contributed by atoms with Gasteiger partial charge in [-0.3, -0.25) is 4.79 Å². The second-order valence-corrected chi connectivity index (χ2v) is 7.35. The van der Waals surface area contributed by atoms with Gasteiger partial charge >= 0.3 is 0 Å². The molecule has 0 aliphatic rings. The van der Waals surface area contributed by atoms with Crippen LogP contribution in [0.1, 0.15) is 12.0 Å². The predicted octanol–water partition coefficient (Wildman–Crippen LogP) is 3.73. The molecule has 3 rings (SSSR count). The van der Waals surface area contributed by atoms with Crippen LogP contribution >= 0.6 is 23.1 Å². The van der Waals surface area contributed by atoms with Gasteiger partial charge in [-0.25, -0.2) is 0 Å². The maximum Gasteiger partial charge on any atom is 0.252 e. The summed E-state index contributed by atoms with van der Waals surface area (Å²) in [6.07, 6.45) is 0.821. The minimum absolute atomic E-state index is 0.0884. The zero-order valence-corrected chi connectivity index (χ0v) is 14.2. The minimum Gasteiger partial charge on any atom is -0.506 e. The molecular weight excluding hydrogens is 344 g/mol. The molecule has 1 aromatic carbocycles. The van der Waals surface area contributed by atoms with Crippen molar-refractivity contribution < 1.29 is 9.84 Å². The molecule has 0 aliphatic heterocycles. The number of H-pyrrole nitrogens is 1. The molecule has 0 atom stereocenters. The van der Waals surface area contributed by atoms with Crippen LogP contribution in [0.3, 0.4) is 0 Å².